The van der Waals surface area contributed by atoms with Crippen LogP contribution in [-0.4, -0.2) is 23.6 Å². The van der Waals surface area contributed by atoms with Crippen LogP contribution in [0.15, 0.2) is 23.1 Å². The third-order valence-corrected chi connectivity index (χ3v) is 4.11. The van der Waals surface area contributed by atoms with Gasteiger partial charge in [0.05, 0.1) is 11.4 Å². The van der Waals surface area contributed by atoms with E-state index >= 15 is 0 Å². The highest BCUT2D eigenvalue weighted by atomic mass is 35.5. The van der Waals surface area contributed by atoms with E-state index in [1.165, 1.54) is 6.07 Å². The number of H-pyrrole nitrogens is 1. The second-order valence-electron chi connectivity index (χ2n) is 3.71. The zero-order chi connectivity index (χ0) is 13.3. The van der Waals surface area contributed by atoms with E-state index in [0.717, 1.165) is 0 Å². The Hall–Kier alpha value is -1.60. The average Bonchev–Trinajstić information content (AvgIpc) is 2.58. The maximum atomic E-state index is 12.2. The van der Waals surface area contributed by atoms with Crippen molar-refractivity contribution in [3.63, 3.8) is 0 Å². The van der Waals surface area contributed by atoms with E-state index in [9.17, 15) is 8.42 Å². The summed E-state index contributed by atoms with van der Waals surface area (Å²) in [6.07, 6.45) is 0. The van der Waals surface area contributed by atoms with Gasteiger partial charge in [-0.25, -0.2) is 13.4 Å². The fraction of sp³-hybridized carbons (Fsp3) is 0.200. The Morgan fingerprint density at radius 2 is 2.06 bits per heavy atom. The van der Waals surface area contributed by atoms with Crippen LogP contribution in [0.1, 0.15) is 11.4 Å². The maximum absolute atomic E-state index is 12.2. The molecule has 0 unspecified atom stereocenters. The third kappa shape index (κ3) is 2.46. The number of aryl methyl sites for hydroxylation is 2. The topological polar surface area (TPSA) is 87.7 Å². The van der Waals surface area contributed by atoms with E-state index in [-0.39, 0.29) is 15.9 Å². The first-order valence-electron chi connectivity index (χ1n) is 5.07. The number of halogens is 1. The Kier molecular flexibility index (Phi) is 3.27. The first-order chi connectivity index (χ1) is 8.40. The molecule has 0 bridgehead atoms. The monoisotopic (exact) mass is 286 g/mol. The number of anilines is 1. The minimum absolute atomic E-state index is 0.129. The molecule has 0 saturated heterocycles. The van der Waals surface area contributed by atoms with Gasteiger partial charge in [-0.05, 0) is 26.0 Å². The SMILES string of the molecule is Cc1n[nH]c(C)c1S(=O)(=O)Nc1cccc(Cl)n1. The molecular weight excluding hydrogens is 276 g/mol. The van der Waals surface area contributed by atoms with Gasteiger partial charge < -0.3 is 0 Å². The van der Waals surface area contributed by atoms with Crippen molar-refractivity contribution in [1.29, 1.82) is 0 Å². The molecule has 2 aromatic heterocycles. The number of hydrogen-bond acceptors (Lipinski definition) is 4. The van der Waals surface area contributed by atoms with Gasteiger partial charge in [-0.15, -0.1) is 0 Å². The van der Waals surface area contributed by atoms with Crippen molar-refractivity contribution in [2.75, 3.05) is 4.72 Å². The van der Waals surface area contributed by atoms with Crippen molar-refractivity contribution >= 4 is 27.4 Å². The summed E-state index contributed by atoms with van der Waals surface area (Å²) in [5, 5.41) is 6.69. The van der Waals surface area contributed by atoms with Crippen LogP contribution < -0.4 is 4.72 Å². The molecule has 0 saturated carbocycles. The molecule has 0 fully saturated rings. The molecule has 0 atom stereocenters. The van der Waals surface area contributed by atoms with Crippen LogP contribution in [0.4, 0.5) is 5.82 Å². The first kappa shape index (κ1) is 12.8. The van der Waals surface area contributed by atoms with Crippen LogP contribution in [0, 0.1) is 13.8 Å². The summed E-state index contributed by atoms with van der Waals surface area (Å²) in [4.78, 5) is 4.00. The van der Waals surface area contributed by atoms with E-state index in [2.05, 4.69) is 19.9 Å². The fourth-order valence-electron chi connectivity index (χ4n) is 1.59. The van der Waals surface area contributed by atoms with Gasteiger partial charge in [-0.1, -0.05) is 17.7 Å². The van der Waals surface area contributed by atoms with Crippen molar-refractivity contribution in [2.45, 2.75) is 18.7 Å². The molecule has 0 spiro atoms. The Morgan fingerprint density at radius 3 is 2.61 bits per heavy atom. The number of nitrogens with zero attached hydrogens (tertiary/aromatic N) is 2. The minimum Gasteiger partial charge on any atom is -0.281 e. The van der Waals surface area contributed by atoms with E-state index < -0.39 is 10.0 Å². The second kappa shape index (κ2) is 4.58. The molecular formula is C10H11ClN4O2S. The number of aromatic nitrogens is 3. The number of sulfonamides is 1. The maximum Gasteiger partial charge on any atom is 0.266 e. The zero-order valence-corrected chi connectivity index (χ0v) is 11.3. The van der Waals surface area contributed by atoms with Crippen molar-refractivity contribution in [3.05, 3.63) is 34.7 Å². The van der Waals surface area contributed by atoms with E-state index in [0.29, 0.717) is 11.4 Å². The summed E-state index contributed by atoms with van der Waals surface area (Å²) in [5.74, 6) is 0.169. The lowest BCUT2D eigenvalue weighted by molar-refractivity contribution is 0.600. The molecule has 2 heterocycles. The number of pyridine rings is 1. The average molecular weight is 287 g/mol. The van der Waals surface area contributed by atoms with Crippen LogP contribution in [0.25, 0.3) is 0 Å². The molecule has 0 aromatic carbocycles. The highest BCUT2D eigenvalue weighted by Crippen LogP contribution is 2.20. The Labute approximate surface area is 109 Å². The van der Waals surface area contributed by atoms with Crippen LogP contribution in [0.3, 0.4) is 0 Å². The molecule has 8 heteroatoms. The molecule has 0 amide bonds. The molecule has 18 heavy (non-hydrogen) atoms. The summed E-state index contributed by atoms with van der Waals surface area (Å²) >= 11 is 5.70. The van der Waals surface area contributed by atoms with E-state index in [4.69, 9.17) is 11.6 Å². The largest absolute Gasteiger partial charge is 0.281 e. The van der Waals surface area contributed by atoms with Gasteiger partial charge in [-0.2, -0.15) is 5.10 Å². The van der Waals surface area contributed by atoms with Crippen molar-refractivity contribution < 1.29 is 8.42 Å². The zero-order valence-electron chi connectivity index (χ0n) is 9.73. The molecule has 0 aliphatic heterocycles. The summed E-state index contributed by atoms with van der Waals surface area (Å²) < 4.78 is 26.7. The second-order valence-corrected chi connectivity index (χ2v) is 5.72. The van der Waals surface area contributed by atoms with Crippen molar-refractivity contribution in [1.82, 2.24) is 15.2 Å². The lowest BCUT2D eigenvalue weighted by Crippen LogP contribution is -2.15. The molecule has 6 nitrogen and oxygen atoms in total. The molecule has 2 aromatic rings. The van der Waals surface area contributed by atoms with Gasteiger partial charge in [0.15, 0.2) is 0 Å². The van der Waals surface area contributed by atoms with Gasteiger partial charge >= 0.3 is 0 Å². The smallest absolute Gasteiger partial charge is 0.266 e. The summed E-state index contributed by atoms with van der Waals surface area (Å²) in [6.45, 7) is 3.25. The number of aromatic amines is 1. The lowest BCUT2D eigenvalue weighted by atomic mass is 10.4. The van der Waals surface area contributed by atoms with Gasteiger partial charge in [0.2, 0.25) is 0 Å². The summed E-state index contributed by atoms with van der Waals surface area (Å²) in [7, 11) is -3.71. The first-order valence-corrected chi connectivity index (χ1v) is 6.93. The Morgan fingerprint density at radius 1 is 1.33 bits per heavy atom. The predicted molar refractivity (Wildman–Crippen MR) is 68.1 cm³/mol. The lowest BCUT2D eigenvalue weighted by Gasteiger charge is -2.07. The Bertz CT molecular complexity index is 661. The van der Waals surface area contributed by atoms with Crippen LogP contribution in [0.2, 0.25) is 5.15 Å². The fourth-order valence-corrected chi connectivity index (χ4v) is 3.13. The quantitative estimate of drug-likeness (QED) is 0.843. The molecule has 2 N–H and O–H groups in total. The van der Waals surface area contributed by atoms with Crippen LogP contribution in [0.5, 0.6) is 0 Å². The summed E-state index contributed by atoms with van der Waals surface area (Å²) in [6, 6.07) is 4.70. The third-order valence-electron chi connectivity index (χ3n) is 2.28. The van der Waals surface area contributed by atoms with Gasteiger partial charge in [0, 0.05) is 0 Å². The molecule has 96 valence electrons. The van der Waals surface area contributed by atoms with Crippen molar-refractivity contribution in [3.8, 4) is 0 Å². The van der Waals surface area contributed by atoms with Crippen LogP contribution in [-0.2, 0) is 10.0 Å². The van der Waals surface area contributed by atoms with Gasteiger partial charge in [0.1, 0.15) is 15.9 Å². The van der Waals surface area contributed by atoms with Crippen LogP contribution >= 0.6 is 11.6 Å². The molecule has 0 aliphatic rings. The highest BCUT2D eigenvalue weighted by Gasteiger charge is 2.22. The van der Waals surface area contributed by atoms with E-state index in [1.807, 2.05) is 0 Å². The molecule has 0 radical (unpaired) electrons. The minimum atomic E-state index is -3.71. The highest BCUT2D eigenvalue weighted by molar-refractivity contribution is 7.92. The number of hydrogen-bond donors (Lipinski definition) is 2. The van der Waals surface area contributed by atoms with Gasteiger partial charge in [0.25, 0.3) is 10.0 Å². The molecule has 0 aliphatic carbocycles. The van der Waals surface area contributed by atoms with E-state index in [1.54, 1.807) is 26.0 Å². The Balaban J connectivity index is 2.39. The van der Waals surface area contributed by atoms with Gasteiger partial charge in [-0.3, -0.25) is 9.82 Å². The van der Waals surface area contributed by atoms with Crippen molar-refractivity contribution in [2.24, 2.45) is 0 Å². The normalized spacial score (nSPS) is 11.5. The number of nitrogens with one attached hydrogen (secondary N) is 2. The summed E-state index contributed by atoms with van der Waals surface area (Å²) in [5.41, 5.74) is 0.879. The standard InChI is InChI=1S/C10H11ClN4O2S/c1-6-10(7(2)14-13-6)18(16,17)15-9-5-3-4-8(11)12-9/h3-5H,1-2H3,(H,12,15)(H,13,14). The predicted octanol–water partition coefficient (Wildman–Crippen LogP) is 1.88. The molecule has 2 rings (SSSR count). The number of rotatable bonds is 3.